The molecule has 0 radical (unpaired) electrons. The Morgan fingerprint density at radius 1 is 1.08 bits per heavy atom. The number of unbranched alkanes of at least 4 members (excludes halogenated alkanes) is 1. The Kier molecular flexibility index (Phi) is 8.78. The van der Waals surface area contributed by atoms with E-state index in [1.807, 2.05) is 11.6 Å². The molecule has 2 aromatic carbocycles. The number of guanidine groups is 1. The van der Waals surface area contributed by atoms with E-state index in [9.17, 15) is 26.4 Å². The standard InChI is InChI=1S/C24H28F3N7O3S/c1-15-5-7-16(8-6-15)20-14-21(24(25,26)27)32-34(20)17-9-11-18(12-10-17)38(36,37)33-22(35)19(28)4-2-3-13-31-23(29)30/h5-12,14,19H,2-4,13,28H2,1H3,(H,33,35)(H4,29,30,31). The minimum Gasteiger partial charge on any atom is -0.370 e. The van der Waals surface area contributed by atoms with Gasteiger partial charge in [0, 0.05) is 12.1 Å². The van der Waals surface area contributed by atoms with Gasteiger partial charge in [0.15, 0.2) is 11.7 Å². The molecule has 0 fully saturated rings. The number of aliphatic imine (C=N–C) groups is 1. The van der Waals surface area contributed by atoms with Crippen LogP contribution < -0.4 is 21.9 Å². The van der Waals surface area contributed by atoms with E-state index in [1.165, 1.54) is 24.3 Å². The predicted molar refractivity (Wildman–Crippen MR) is 137 cm³/mol. The molecule has 10 nitrogen and oxygen atoms in total. The van der Waals surface area contributed by atoms with Crippen LogP contribution in [-0.4, -0.2) is 42.7 Å². The highest BCUT2D eigenvalue weighted by Crippen LogP contribution is 2.33. The Morgan fingerprint density at radius 3 is 2.29 bits per heavy atom. The van der Waals surface area contributed by atoms with Crippen LogP contribution in [0.5, 0.6) is 0 Å². The third kappa shape index (κ3) is 7.32. The largest absolute Gasteiger partial charge is 0.435 e. The molecule has 7 N–H and O–H groups in total. The van der Waals surface area contributed by atoms with E-state index in [-0.39, 0.29) is 28.7 Å². The molecular weight excluding hydrogens is 523 g/mol. The number of amides is 1. The first kappa shape index (κ1) is 28.7. The number of nitrogens with zero attached hydrogens (tertiary/aromatic N) is 3. The summed E-state index contributed by atoms with van der Waals surface area (Å²) in [6, 6.07) is 11.6. The van der Waals surface area contributed by atoms with Gasteiger partial charge >= 0.3 is 6.18 Å². The van der Waals surface area contributed by atoms with Crippen molar-refractivity contribution in [1.29, 1.82) is 0 Å². The number of nitrogens with one attached hydrogen (secondary N) is 1. The highest BCUT2D eigenvalue weighted by Gasteiger charge is 2.35. The van der Waals surface area contributed by atoms with Crippen molar-refractivity contribution in [2.45, 2.75) is 43.3 Å². The molecule has 1 amide bonds. The van der Waals surface area contributed by atoms with E-state index >= 15 is 0 Å². The number of hydrogen-bond acceptors (Lipinski definition) is 6. The minimum absolute atomic E-state index is 0.0520. The molecule has 1 atom stereocenters. The van der Waals surface area contributed by atoms with Gasteiger partial charge in [-0.15, -0.1) is 0 Å². The Balaban J connectivity index is 1.78. The molecule has 0 aliphatic heterocycles. The molecule has 1 heterocycles. The lowest BCUT2D eigenvalue weighted by molar-refractivity contribution is -0.141. The first-order chi connectivity index (χ1) is 17.8. The van der Waals surface area contributed by atoms with Crippen LogP contribution in [0.1, 0.15) is 30.5 Å². The summed E-state index contributed by atoms with van der Waals surface area (Å²) in [6.45, 7) is 2.20. The van der Waals surface area contributed by atoms with E-state index in [1.54, 1.807) is 24.3 Å². The van der Waals surface area contributed by atoms with Crippen molar-refractivity contribution >= 4 is 21.9 Å². The van der Waals surface area contributed by atoms with Gasteiger partial charge in [-0.25, -0.2) is 17.8 Å². The van der Waals surface area contributed by atoms with Crippen LogP contribution in [0.15, 0.2) is 64.5 Å². The highest BCUT2D eigenvalue weighted by atomic mass is 32.2. The Labute approximate surface area is 217 Å². The molecule has 3 aromatic rings. The van der Waals surface area contributed by atoms with Crippen LogP contribution in [0.25, 0.3) is 16.9 Å². The number of aromatic nitrogens is 2. The molecule has 38 heavy (non-hydrogen) atoms. The van der Waals surface area contributed by atoms with Gasteiger partial charge in [0.1, 0.15) is 0 Å². The van der Waals surface area contributed by atoms with Gasteiger partial charge in [-0.2, -0.15) is 18.3 Å². The molecule has 0 saturated heterocycles. The minimum atomic E-state index is -4.68. The van der Waals surface area contributed by atoms with Crippen LogP contribution in [0.3, 0.4) is 0 Å². The number of aryl methyl sites for hydroxylation is 1. The number of alkyl halides is 3. The molecule has 1 aromatic heterocycles. The molecule has 3 rings (SSSR count). The molecule has 0 spiro atoms. The lowest BCUT2D eigenvalue weighted by atomic mass is 10.1. The van der Waals surface area contributed by atoms with E-state index in [2.05, 4.69) is 10.1 Å². The van der Waals surface area contributed by atoms with Crippen molar-refractivity contribution in [3.05, 3.63) is 65.9 Å². The molecule has 0 bridgehead atoms. The lowest BCUT2D eigenvalue weighted by Crippen LogP contribution is -2.43. The molecular formula is C24H28F3N7O3S. The van der Waals surface area contributed by atoms with Crippen LogP contribution in [0.4, 0.5) is 13.2 Å². The van der Waals surface area contributed by atoms with Crippen molar-refractivity contribution in [3.63, 3.8) is 0 Å². The van der Waals surface area contributed by atoms with E-state index < -0.39 is 33.8 Å². The second-order valence-electron chi connectivity index (χ2n) is 8.56. The fraction of sp³-hybridized carbons (Fsp3) is 0.292. The zero-order valence-electron chi connectivity index (χ0n) is 20.4. The number of carbonyl (C=O) groups excluding carboxylic acids is 1. The van der Waals surface area contributed by atoms with Crippen LogP contribution in [0.2, 0.25) is 0 Å². The summed E-state index contributed by atoms with van der Waals surface area (Å²) in [6.07, 6.45) is -3.42. The highest BCUT2D eigenvalue weighted by molar-refractivity contribution is 7.90. The van der Waals surface area contributed by atoms with Gasteiger partial charge in [0.05, 0.1) is 22.3 Å². The summed E-state index contributed by atoms with van der Waals surface area (Å²) < 4.78 is 68.6. The number of carbonyl (C=O) groups is 1. The van der Waals surface area contributed by atoms with Crippen LogP contribution >= 0.6 is 0 Å². The van der Waals surface area contributed by atoms with Crippen LogP contribution in [0, 0.1) is 6.92 Å². The van der Waals surface area contributed by atoms with E-state index in [0.717, 1.165) is 16.3 Å². The summed E-state index contributed by atoms with van der Waals surface area (Å²) in [5.41, 5.74) is 17.0. The Morgan fingerprint density at radius 2 is 1.71 bits per heavy atom. The maximum absolute atomic E-state index is 13.4. The third-order valence-corrected chi connectivity index (χ3v) is 6.89. The second kappa shape index (κ2) is 11.6. The van der Waals surface area contributed by atoms with Crippen molar-refractivity contribution in [2.75, 3.05) is 6.54 Å². The summed E-state index contributed by atoms with van der Waals surface area (Å²) in [5, 5.41) is 3.70. The number of nitrogens with two attached hydrogens (primary N) is 3. The maximum Gasteiger partial charge on any atom is 0.435 e. The molecule has 0 aliphatic rings. The van der Waals surface area contributed by atoms with E-state index in [0.29, 0.717) is 24.9 Å². The molecule has 0 aliphatic carbocycles. The molecule has 204 valence electrons. The average molecular weight is 552 g/mol. The summed E-state index contributed by atoms with van der Waals surface area (Å²) in [5.74, 6) is -0.941. The first-order valence-corrected chi connectivity index (χ1v) is 13.0. The fourth-order valence-corrected chi connectivity index (χ4v) is 4.52. The zero-order valence-corrected chi connectivity index (χ0v) is 21.3. The van der Waals surface area contributed by atoms with Crippen molar-refractivity contribution < 1.29 is 26.4 Å². The SMILES string of the molecule is Cc1ccc(-c2cc(C(F)(F)F)nn2-c2ccc(S(=O)(=O)NC(=O)C(N)CCCCN=C(N)N)cc2)cc1. The fourth-order valence-electron chi connectivity index (χ4n) is 3.50. The normalized spacial score (nSPS) is 12.7. The van der Waals surface area contributed by atoms with Gasteiger partial charge in [-0.3, -0.25) is 9.79 Å². The maximum atomic E-state index is 13.4. The number of rotatable bonds is 10. The quantitative estimate of drug-likeness (QED) is 0.170. The van der Waals surface area contributed by atoms with Crippen molar-refractivity contribution in [1.82, 2.24) is 14.5 Å². The Hall–Kier alpha value is -3.91. The topological polar surface area (TPSA) is 171 Å². The van der Waals surface area contributed by atoms with Crippen LogP contribution in [-0.2, 0) is 21.0 Å². The van der Waals surface area contributed by atoms with E-state index in [4.69, 9.17) is 17.2 Å². The summed E-state index contributed by atoms with van der Waals surface area (Å²) >= 11 is 0. The number of hydrogen-bond donors (Lipinski definition) is 4. The Bertz CT molecular complexity index is 1400. The second-order valence-corrected chi connectivity index (χ2v) is 10.2. The average Bonchev–Trinajstić information content (AvgIpc) is 3.30. The van der Waals surface area contributed by atoms with Crippen molar-refractivity contribution in [2.24, 2.45) is 22.2 Å². The van der Waals surface area contributed by atoms with Gasteiger partial charge in [-0.05, 0) is 56.5 Å². The third-order valence-electron chi connectivity index (χ3n) is 5.53. The van der Waals surface area contributed by atoms with Crippen molar-refractivity contribution in [3.8, 4) is 16.9 Å². The first-order valence-electron chi connectivity index (χ1n) is 11.5. The molecule has 14 heteroatoms. The predicted octanol–water partition coefficient (Wildman–Crippen LogP) is 2.44. The van der Waals surface area contributed by atoms with Gasteiger partial charge in [0.25, 0.3) is 15.9 Å². The zero-order chi connectivity index (χ0) is 28.1. The van der Waals surface area contributed by atoms with Gasteiger partial charge in [-0.1, -0.05) is 29.8 Å². The number of benzene rings is 2. The molecule has 1 unspecified atom stereocenters. The van der Waals surface area contributed by atoms with Gasteiger partial charge < -0.3 is 17.2 Å². The number of sulfonamides is 1. The summed E-state index contributed by atoms with van der Waals surface area (Å²) in [4.78, 5) is 15.8. The summed E-state index contributed by atoms with van der Waals surface area (Å²) in [7, 11) is -4.28. The smallest absolute Gasteiger partial charge is 0.370 e. The lowest BCUT2D eigenvalue weighted by Gasteiger charge is -2.13. The number of halogens is 3. The van der Waals surface area contributed by atoms with Gasteiger partial charge in [0.2, 0.25) is 0 Å². The molecule has 0 saturated carbocycles. The monoisotopic (exact) mass is 551 g/mol.